The van der Waals surface area contributed by atoms with Crippen LogP contribution in [0.15, 0.2) is 41.3 Å². The third-order valence-electron chi connectivity index (χ3n) is 4.34. The van der Waals surface area contributed by atoms with Gasteiger partial charge in [-0.05, 0) is 36.4 Å². The van der Waals surface area contributed by atoms with Crippen LogP contribution in [0.5, 0.6) is 0 Å². The zero-order valence-corrected chi connectivity index (χ0v) is 23.1. The summed E-state index contributed by atoms with van der Waals surface area (Å²) in [4.78, 5) is 27.8. The van der Waals surface area contributed by atoms with Gasteiger partial charge in [0, 0.05) is 0 Å². The lowest BCUT2D eigenvalue weighted by Crippen LogP contribution is -2.30. The predicted octanol–water partition coefficient (Wildman–Crippen LogP) is 4.76. The van der Waals surface area contributed by atoms with Gasteiger partial charge in [0.25, 0.3) is 5.91 Å². The van der Waals surface area contributed by atoms with Crippen molar-refractivity contribution in [3.63, 3.8) is 0 Å². The van der Waals surface area contributed by atoms with Gasteiger partial charge in [0.05, 0.1) is 38.4 Å². The van der Waals surface area contributed by atoms with Gasteiger partial charge in [-0.15, -0.1) is 5.10 Å². The fraction of sp³-hybridized carbons (Fsp3) is 0.158. The number of amides is 1. The molecule has 3 rings (SSSR count). The maximum atomic E-state index is 12.8. The highest BCUT2D eigenvalue weighted by atomic mass is 35.6. The molecule has 0 radical (unpaired) electrons. The first-order valence-corrected chi connectivity index (χ1v) is 13.1. The van der Waals surface area contributed by atoms with E-state index in [-0.39, 0.29) is 31.5 Å². The number of aromatic nitrogens is 3. The Morgan fingerprint density at radius 1 is 1.03 bits per heavy atom. The van der Waals surface area contributed by atoms with Crippen molar-refractivity contribution in [3.8, 4) is 5.69 Å². The molecule has 17 heteroatoms. The number of sulfonamides is 1. The molecular weight excluding hydrogens is 623 g/mol. The van der Waals surface area contributed by atoms with Gasteiger partial charge >= 0.3 is 5.97 Å². The molecule has 0 aliphatic rings. The minimum atomic E-state index is -4.08. The number of carbonyl (C=O) groups excluding carboxylic acids is 2. The van der Waals surface area contributed by atoms with Crippen LogP contribution in [-0.4, -0.2) is 48.7 Å². The number of anilines is 1. The monoisotopic (exact) mass is 633 g/mol. The number of nitrogens with zero attached hydrogens (tertiary/aromatic N) is 3. The summed E-state index contributed by atoms with van der Waals surface area (Å²) in [5, 5.41) is 6.88. The normalized spacial score (nSPS) is 11.9. The SMILES string of the molecule is COC(=O)CNS(=O)(=O)c1ccc(NC(=O)c2nc(C(Cl)(Cl)Cl)n(-c3ccc(Cl)c(Cl)c3)n2)c(Cl)c1. The topological polar surface area (TPSA) is 132 Å². The fourth-order valence-corrected chi connectivity index (χ4v) is 4.59. The lowest BCUT2D eigenvalue weighted by Gasteiger charge is -2.12. The maximum absolute atomic E-state index is 12.8. The van der Waals surface area contributed by atoms with Crippen molar-refractivity contribution in [2.75, 3.05) is 19.0 Å². The third-order valence-corrected chi connectivity index (χ3v) is 7.30. The molecule has 192 valence electrons. The van der Waals surface area contributed by atoms with Gasteiger partial charge in [0.15, 0.2) is 5.82 Å². The number of esters is 1. The molecule has 10 nitrogen and oxygen atoms in total. The quantitative estimate of drug-likeness (QED) is 0.283. The van der Waals surface area contributed by atoms with Crippen molar-refractivity contribution in [1.29, 1.82) is 0 Å². The molecular formula is C19H13Cl6N5O5S. The zero-order chi connectivity index (χ0) is 26.8. The Bertz CT molecular complexity index is 1440. The largest absolute Gasteiger partial charge is 0.468 e. The van der Waals surface area contributed by atoms with Crippen LogP contribution < -0.4 is 10.0 Å². The number of alkyl halides is 3. The Morgan fingerprint density at radius 2 is 1.72 bits per heavy atom. The number of carbonyl (C=O) groups is 2. The lowest BCUT2D eigenvalue weighted by atomic mass is 10.3. The molecule has 0 saturated heterocycles. The summed E-state index contributed by atoms with van der Waals surface area (Å²) >= 11 is 36.2. The number of benzene rings is 2. The van der Waals surface area contributed by atoms with Crippen LogP contribution in [0.1, 0.15) is 16.4 Å². The van der Waals surface area contributed by atoms with E-state index in [9.17, 15) is 18.0 Å². The summed E-state index contributed by atoms with van der Waals surface area (Å²) in [7, 11) is -2.97. The van der Waals surface area contributed by atoms with Gasteiger partial charge < -0.3 is 10.1 Å². The molecule has 1 aromatic heterocycles. The van der Waals surface area contributed by atoms with Crippen LogP contribution in [-0.2, 0) is 23.3 Å². The van der Waals surface area contributed by atoms with Crippen molar-refractivity contribution in [1.82, 2.24) is 19.5 Å². The van der Waals surface area contributed by atoms with Crippen molar-refractivity contribution in [3.05, 3.63) is 63.1 Å². The van der Waals surface area contributed by atoms with Gasteiger partial charge in [0.1, 0.15) is 6.54 Å². The number of methoxy groups -OCH3 is 1. The maximum Gasteiger partial charge on any atom is 0.320 e. The summed E-state index contributed by atoms with van der Waals surface area (Å²) in [5.41, 5.74) is 0.347. The molecule has 0 aliphatic heterocycles. The smallest absolute Gasteiger partial charge is 0.320 e. The number of hydrogen-bond donors (Lipinski definition) is 2. The summed E-state index contributed by atoms with van der Waals surface area (Å²) in [6.07, 6.45) is 0. The first-order valence-electron chi connectivity index (χ1n) is 9.40. The van der Waals surface area contributed by atoms with Crippen molar-refractivity contribution < 1.29 is 22.7 Å². The third kappa shape index (κ3) is 6.73. The standard InChI is InChI=1S/C19H13Cl6N5O5S/c1-35-15(31)8-26-36(33,34)10-3-5-14(13(22)7-10)27-17(32)16-28-18(19(23,24)25)30(29-16)9-2-4-11(20)12(21)6-9/h2-7,26H,8H2,1H3,(H,27,32). The van der Waals surface area contributed by atoms with E-state index < -0.39 is 38.1 Å². The zero-order valence-electron chi connectivity index (χ0n) is 17.7. The number of halogens is 6. The highest BCUT2D eigenvalue weighted by molar-refractivity contribution is 7.89. The second-order valence-electron chi connectivity index (χ2n) is 6.76. The van der Waals surface area contributed by atoms with Gasteiger partial charge in [-0.25, -0.2) is 18.1 Å². The van der Waals surface area contributed by atoms with E-state index in [1.165, 1.54) is 24.3 Å². The van der Waals surface area contributed by atoms with Crippen LogP contribution in [0.25, 0.3) is 5.69 Å². The molecule has 0 bridgehead atoms. The lowest BCUT2D eigenvalue weighted by molar-refractivity contribution is -0.139. The molecule has 3 aromatic rings. The number of hydrogen-bond acceptors (Lipinski definition) is 7. The summed E-state index contributed by atoms with van der Waals surface area (Å²) in [6.45, 7) is -0.576. The minimum absolute atomic E-state index is 0.0369. The Labute approximate surface area is 234 Å². The predicted molar refractivity (Wildman–Crippen MR) is 137 cm³/mol. The van der Waals surface area contributed by atoms with Gasteiger partial charge in [-0.3, -0.25) is 9.59 Å². The van der Waals surface area contributed by atoms with Crippen molar-refractivity contribution in [2.24, 2.45) is 0 Å². The molecule has 1 amide bonds. The average Bonchev–Trinajstić information content (AvgIpc) is 3.27. The van der Waals surface area contributed by atoms with Gasteiger partial charge in [-0.2, -0.15) is 4.72 Å². The second-order valence-corrected chi connectivity index (χ2v) is 12.0. The number of ether oxygens (including phenoxy) is 1. The molecule has 36 heavy (non-hydrogen) atoms. The highest BCUT2D eigenvalue weighted by Gasteiger charge is 2.33. The minimum Gasteiger partial charge on any atom is -0.468 e. The molecule has 0 unspecified atom stereocenters. The molecule has 1 heterocycles. The van der Waals surface area contributed by atoms with E-state index in [0.717, 1.165) is 23.9 Å². The van der Waals surface area contributed by atoms with E-state index in [4.69, 9.17) is 69.6 Å². The van der Waals surface area contributed by atoms with Crippen LogP contribution >= 0.6 is 69.6 Å². The molecule has 0 saturated carbocycles. The Balaban J connectivity index is 1.88. The highest BCUT2D eigenvalue weighted by Crippen LogP contribution is 2.38. The summed E-state index contributed by atoms with van der Waals surface area (Å²) in [5.74, 6) is -2.23. The molecule has 0 aliphatic carbocycles. The molecule has 0 spiro atoms. The average molecular weight is 636 g/mol. The molecule has 0 atom stereocenters. The molecule has 2 N–H and O–H groups in total. The van der Waals surface area contributed by atoms with Crippen LogP contribution in [0.4, 0.5) is 5.69 Å². The van der Waals surface area contributed by atoms with Crippen molar-refractivity contribution >= 4 is 97.2 Å². The van der Waals surface area contributed by atoms with Gasteiger partial charge in [-0.1, -0.05) is 69.6 Å². The van der Waals surface area contributed by atoms with E-state index in [1.807, 2.05) is 0 Å². The second kappa shape index (κ2) is 11.3. The molecule has 2 aromatic carbocycles. The fourth-order valence-electron chi connectivity index (χ4n) is 2.64. The Hall–Kier alpha value is -1.83. The summed E-state index contributed by atoms with van der Waals surface area (Å²) < 4.78 is 30.1. The first-order chi connectivity index (χ1) is 16.7. The van der Waals surface area contributed by atoms with Crippen LogP contribution in [0.3, 0.4) is 0 Å². The number of rotatable bonds is 7. The van der Waals surface area contributed by atoms with Crippen molar-refractivity contribution in [2.45, 2.75) is 8.69 Å². The molecule has 0 fully saturated rings. The van der Waals surface area contributed by atoms with E-state index in [0.29, 0.717) is 5.69 Å². The van der Waals surface area contributed by atoms with E-state index >= 15 is 0 Å². The number of nitrogens with one attached hydrogen (secondary N) is 2. The van der Waals surface area contributed by atoms with Crippen LogP contribution in [0.2, 0.25) is 15.1 Å². The van der Waals surface area contributed by atoms with E-state index in [1.54, 1.807) is 0 Å². The van der Waals surface area contributed by atoms with E-state index in [2.05, 4.69) is 24.9 Å². The summed E-state index contributed by atoms with van der Waals surface area (Å²) in [6, 6.07) is 7.91. The Morgan fingerprint density at radius 3 is 2.31 bits per heavy atom. The Kier molecular flexibility index (Phi) is 9.00. The van der Waals surface area contributed by atoms with Crippen LogP contribution in [0, 0.1) is 0 Å². The first kappa shape index (κ1) is 28.7. The van der Waals surface area contributed by atoms with Gasteiger partial charge in [0.2, 0.25) is 19.6 Å².